The number of halogens is 2. The van der Waals surface area contributed by atoms with Gasteiger partial charge < -0.3 is 10.6 Å². The van der Waals surface area contributed by atoms with Crippen LogP contribution in [0.5, 0.6) is 0 Å². The first-order valence-corrected chi connectivity index (χ1v) is 5.04. The van der Waals surface area contributed by atoms with Crippen molar-refractivity contribution in [1.82, 2.24) is 0 Å². The number of carbonyl (C=O) groups excluding carboxylic acids is 1. The summed E-state index contributed by atoms with van der Waals surface area (Å²) in [5.74, 6) is -0.0472. The number of terminal acetylenes is 1. The van der Waals surface area contributed by atoms with Gasteiger partial charge in [0.1, 0.15) is 0 Å². The molecular formula is C12H10F2N2O. The Balaban J connectivity index is 2.39. The molecule has 1 saturated heterocycles. The maximum atomic E-state index is 13.1. The van der Waals surface area contributed by atoms with Crippen LogP contribution in [0.2, 0.25) is 0 Å². The number of hydrogen-bond acceptors (Lipinski definition) is 2. The zero-order valence-corrected chi connectivity index (χ0v) is 8.91. The highest BCUT2D eigenvalue weighted by Crippen LogP contribution is 2.31. The van der Waals surface area contributed by atoms with E-state index in [2.05, 4.69) is 5.92 Å². The average Bonchev–Trinajstić information content (AvgIpc) is 2.65. The fraction of sp³-hybridized carbons (Fsp3) is 0.250. The first-order valence-electron chi connectivity index (χ1n) is 5.04. The van der Waals surface area contributed by atoms with Crippen LogP contribution in [0.1, 0.15) is 6.42 Å². The second-order valence-corrected chi connectivity index (χ2v) is 3.90. The fourth-order valence-electron chi connectivity index (χ4n) is 1.84. The van der Waals surface area contributed by atoms with Crippen molar-refractivity contribution in [2.75, 3.05) is 17.2 Å². The van der Waals surface area contributed by atoms with E-state index in [0.717, 1.165) is 12.1 Å². The van der Waals surface area contributed by atoms with Crippen LogP contribution in [0.3, 0.4) is 0 Å². The van der Waals surface area contributed by atoms with Crippen molar-refractivity contribution < 1.29 is 13.6 Å². The molecule has 0 saturated carbocycles. The van der Waals surface area contributed by atoms with Crippen molar-refractivity contribution in [3.63, 3.8) is 0 Å². The smallest absolute Gasteiger partial charge is 0.228 e. The Kier molecular flexibility index (Phi) is 2.72. The summed E-state index contributed by atoms with van der Waals surface area (Å²) in [6.45, 7) is 0.282. The van der Waals surface area contributed by atoms with Crippen LogP contribution < -0.4 is 10.6 Å². The standard InChI is InChI=1S/C12H10F2N2O/c1-2-7-3-12(17)16(6-7)11-5-9(14)8(13)4-10(11)15/h1,4-5,7H,3,6,15H2. The summed E-state index contributed by atoms with van der Waals surface area (Å²) in [4.78, 5) is 12.9. The summed E-state index contributed by atoms with van der Waals surface area (Å²) in [6.07, 6.45) is 5.44. The van der Waals surface area contributed by atoms with Gasteiger partial charge in [0, 0.05) is 31.0 Å². The zero-order chi connectivity index (χ0) is 12.6. The molecule has 0 radical (unpaired) electrons. The van der Waals surface area contributed by atoms with Gasteiger partial charge in [-0.2, -0.15) is 0 Å². The number of anilines is 2. The Morgan fingerprint density at radius 1 is 1.41 bits per heavy atom. The van der Waals surface area contributed by atoms with E-state index in [1.54, 1.807) is 0 Å². The topological polar surface area (TPSA) is 46.3 Å². The van der Waals surface area contributed by atoms with Crippen molar-refractivity contribution in [3.8, 4) is 12.3 Å². The van der Waals surface area contributed by atoms with Crippen LogP contribution in [0.25, 0.3) is 0 Å². The largest absolute Gasteiger partial charge is 0.397 e. The lowest BCUT2D eigenvalue weighted by Crippen LogP contribution is -2.25. The van der Waals surface area contributed by atoms with Crippen LogP contribution in [0.4, 0.5) is 20.2 Å². The molecule has 0 spiro atoms. The maximum absolute atomic E-state index is 13.1. The minimum Gasteiger partial charge on any atom is -0.397 e. The molecule has 2 N–H and O–H groups in total. The molecule has 17 heavy (non-hydrogen) atoms. The number of amides is 1. The van der Waals surface area contributed by atoms with E-state index < -0.39 is 11.6 Å². The molecule has 1 aliphatic heterocycles. The molecule has 0 bridgehead atoms. The van der Waals surface area contributed by atoms with Crippen LogP contribution in [-0.2, 0) is 4.79 Å². The Morgan fingerprint density at radius 2 is 2.06 bits per heavy atom. The number of nitrogen functional groups attached to an aromatic ring is 1. The summed E-state index contributed by atoms with van der Waals surface area (Å²) >= 11 is 0. The highest BCUT2D eigenvalue weighted by Gasteiger charge is 2.31. The number of carbonyl (C=O) groups is 1. The van der Waals surface area contributed by atoms with E-state index in [1.807, 2.05) is 0 Å². The van der Waals surface area contributed by atoms with E-state index >= 15 is 0 Å². The molecule has 3 nitrogen and oxygen atoms in total. The Morgan fingerprint density at radius 3 is 2.65 bits per heavy atom. The van der Waals surface area contributed by atoms with Crippen molar-refractivity contribution in [2.45, 2.75) is 6.42 Å². The summed E-state index contributed by atoms with van der Waals surface area (Å²) in [6, 6.07) is 1.78. The highest BCUT2D eigenvalue weighted by atomic mass is 19.2. The van der Waals surface area contributed by atoms with Gasteiger partial charge in [-0.1, -0.05) is 0 Å². The molecule has 0 aromatic heterocycles. The van der Waals surface area contributed by atoms with Crippen LogP contribution >= 0.6 is 0 Å². The SMILES string of the molecule is C#CC1CC(=O)N(c2cc(F)c(F)cc2N)C1. The Labute approximate surface area is 97.2 Å². The molecule has 1 aliphatic rings. The van der Waals surface area contributed by atoms with Gasteiger partial charge in [0.05, 0.1) is 11.4 Å². The highest BCUT2D eigenvalue weighted by molar-refractivity contribution is 5.98. The lowest BCUT2D eigenvalue weighted by molar-refractivity contribution is -0.117. The van der Waals surface area contributed by atoms with Gasteiger partial charge in [0.15, 0.2) is 11.6 Å². The van der Waals surface area contributed by atoms with E-state index in [9.17, 15) is 13.6 Å². The van der Waals surface area contributed by atoms with Crippen molar-refractivity contribution >= 4 is 17.3 Å². The van der Waals surface area contributed by atoms with Crippen molar-refractivity contribution in [2.24, 2.45) is 5.92 Å². The summed E-state index contributed by atoms with van der Waals surface area (Å²) in [5.41, 5.74) is 5.76. The minimum absolute atomic E-state index is 0.0231. The summed E-state index contributed by atoms with van der Waals surface area (Å²) < 4.78 is 26.0. The van der Waals surface area contributed by atoms with Gasteiger partial charge in [0.2, 0.25) is 5.91 Å². The van der Waals surface area contributed by atoms with Crippen LogP contribution in [-0.4, -0.2) is 12.5 Å². The molecule has 1 fully saturated rings. The van der Waals surface area contributed by atoms with E-state index in [1.165, 1.54) is 4.90 Å². The van der Waals surface area contributed by atoms with Gasteiger partial charge in [0.25, 0.3) is 0 Å². The number of hydrogen-bond donors (Lipinski definition) is 1. The molecule has 88 valence electrons. The van der Waals surface area contributed by atoms with E-state index in [0.29, 0.717) is 0 Å². The van der Waals surface area contributed by atoms with Crippen molar-refractivity contribution in [1.29, 1.82) is 0 Å². The monoisotopic (exact) mass is 236 g/mol. The quantitative estimate of drug-likeness (QED) is 0.593. The third-order valence-electron chi connectivity index (χ3n) is 2.72. The molecule has 1 amide bonds. The van der Waals surface area contributed by atoms with Gasteiger partial charge in [-0.05, 0) is 0 Å². The van der Waals surface area contributed by atoms with Gasteiger partial charge in [-0.3, -0.25) is 4.79 Å². The van der Waals surface area contributed by atoms with E-state index in [-0.39, 0.29) is 36.2 Å². The molecule has 5 heteroatoms. The number of nitrogens with two attached hydrogens (primary N) is 1. The first kappa shape index (κ1) is 11.4. The third kappa shape index (κ3) is 1.94. The van der Waals surface area contributed by atoms with E-state index in [4.69, 9.17) is 12.2 Å². The van der Waals surface area contributed by atoms with Crippen LogP contribution in [0.15, 0.2) is 12.1 Å². The lowest BCUT2D eigenvalue weighted by atomic mass is 10.1. The van der Waals surface area contributed by atoms with Gasteiger partial charge >= 0.3 is 0 Å². The molecule has 1 aromatic carbocycles. The number of nitrogens with zero attached hydrogens (tertiary/aromatic N) is 1. The zero-order valence-electron chi connectivity index (χ0n) is 8.91. The summed E-state index contributed by atoms with van der Waals surface area (Å²) in [5, 5.41) is 0. The Bertz CT molecular complexity index is 522. The predicted octanol–water partition coefficient (Wildman–Crippen LogP) is 1.53. The molecule has 1 atom stereocenters. The number of benzene rings is 1. The molecule has 0 aliphatic carbocycles. The Hall–Kier alpha value is -2.09. The molecule has 1 unspecified atom stereocenters. The summed E-state index contributed by atoms with van der Waals surface area (Å²) in [7, 11) is 0. The van der Waals surface area contributed by atoms with Gasteiger partial charge in [-0.15, -0.1) is 12.3 Å². The van der Waals surface area contributed by atoms with Gasteiger partial charge in [-0.25, -0.2) is 8.78 Å². The lowest BCUT2D eigenvalue weighted by Gasteiger charge is -2.18. The normalized spacial score (nSPS) is 19.5. The molecular weight excluding hydrogens is 226 g/mol. The second-order valence-electron chi connectivity index (χ2n) is 3.90. The number of rotatable bonds is 1. The predicted molar refractivity (Wildman–Crippen MR) is 60.1 cm³/mol. The third-order valence-corrected chi connectivity index (χ3v) is 2.72. The average molecular weight is 236 g/mol. The minimum atomic E-state index is -1.04. The molecule has 1 aromatic rings. The molecule has 2 rings (SSSR count). The second kappa shape index (κ2) is 4.06. The van der Waals surface area contributed by atoms with Crippen LogP contribution in [0, 0.1) is 29.9 Å². The molecule has 1 heterocycles. The van der Waals surface area contributed by atoms with Crippen molar-refractivity contribution in [3.05, 3.63) is 23.8 Å². The fourth-order valence-corrected chi connectivity index (χ4v) is 1.84. The first-order chi connectivity index (χ1) is 8.02. The maximum Gasteiger partial charge on any atom is 0.228 e.